The van der Waals surface area contributed by atoms with E-state index in [9.17, 15) is 13.2 Å². The van der Waals surface area contributed by atoms with Gasteiger partial charge >= 0.3 is 10.2 Å². The van der Waals surface area contributed by atoms with Crippen molar-refractivity contribution in [2.24, 2.45) is 5.92 Å². The van der Waals surface area contributed by atoms with E-state index in [0.29, 0.717) is 25.1 Å². The maximum absolute atomic E-state index is 12.5. The number of nitrogens with one attached hydrogen (secondary N) is 1. The molecule has 0 atom stereocenters. The second kappa shape index (κ2) is 6.47. The third-order valence-corrected chi connectivity index (χ3v) is 5.36. The number of para-hydroxylation sites is 1. The zero-order valence-electron chi connectivity index (χ0n) is 12.5. The van der Waals surface area contributed by atoms with Crippen LogP contribution >= 0.6 is 0 Å². The normalized spacial score (nSPS) is 14.9. The van der Waals surface area contributed by atoms with Gasteiger partial charge in [0.2, 0.25) is 5.91 Å². The highest BCUT2D eigenvalue weighted by Crippen LogP contribution is 2.28. The fourth-order valence-corrected chi connectivity index (χ4v) is 4.01. The smallest absolute Gasteiger partial charge is 0.274 e. The predicted molar refractivity (Wildman–Crippen MR) is 83.2 cm³/mol. The lowest BCUT2D eigenvalue weighted by Crippen LogP contribution is -2.47. The van der Waals surface area contributed by atoms with Crippen LogP contribution in [0.1, 0.15) is 38.7 Å². The van der Waals surface area contributed by atoms with Crippen molar-refractivity contribution in [3.8, 4) is 0 Å². The van der Waals surface area contributed by atoms with Crippen LogP contribution in [0.15, 0.2) is 24.3 Å². The molecule has 0 aliphatic carbocycles. The first-order valence-corrected chi connectivity index (χ1v) is 8.85. The molecular formula is C15H22N2O3S. The van der Waals surface area contributed by atoms with E-state index in [-0.39, 0.29) is 5.92 Å². The SMILES string of the molecule is CCC(CC)C(=O)NS(=O)(=O)N1CCCc2ccccc21. The van der Waals surface area contributed by atoms with E-state index in [4.69, 9.17) is 0 Å². The molecule has 0 aromatic heterocycles. The van der Waals surface area contributed by atoms with E-state index >= 15 is 0 Å². The molecule has 0 bridgehead atoms. The summed E-state index contributed by atoms with van der Waals surface area (Å²) in [5.41, 5.74) is 1.68. The van der Waals surface area contributed by atoms with Gasteiger partial charge in [-0.3, -0.25) is 9.10 Å². The van der Waals surface area contributed by atoms with Crippen LogP contribution in [0.25, 0.3) is 0 Å². The Morgan fingerprint density at radius 1 is 1.29 bits per heavy atom. The van der Waals surface area contributed by atoms with Crippen LogP contribution in [0.4, 0.5) is 5.69 Å². The van der Waals surface area contributed by atoms with Crippen molar-refractivity contribution >= 4 is 21.8 Å². The minimum atomic E-state index is -3.83. The first-order valence-electron chi connectivity index (χ1n) is 7.41. The number of carbonyl (C=O) groups is 1. The topological polar surface area (TPSA) is 66.5 Å². The number of nitrogens with zero attached hydrogens (tertiary/aromatic N) is 1. The molecule has 5 nitrogen and oxygen atoms in total. The number of rotatable bonds is 5. The average molecular weight is 310 g/mol. The number of amides is 1. The second-order valence-electron chi connectivity index (χ2n) is 5.29. The summed E-state index contributed by atoms with van der Waals surface area (Å²) in [6, 6.07) is 7.43. The van der Waals surface area contributed by atoms with Crippen molar-refractivity contribution in [1.29, 1.82) is 0 Å². The fourth-order valence-electron chi connectivity index (χ4n) is 2.67. The van der Waals surface area contributed by atoms with Gasteiger partial charge in [0.15, 0.2) is 0 Å². The molecule has 1 heterocycles. The van der Waals surface area contributed by atoms with Crippen LogP contribution in [-0.4, -0.2) is 20.9 Å². The average Bonchev–Trinajstić information content (AvgIpc) is 2.47. The number of aryl methyl sites for hydroxylation is 1. The third-order valence-electron chi connectivity index (χ3n) is 3.94. The number of hydrogen-bond donors (Lipinski definition) is 1. The first kappa shape index (κ1) is 15.8. The highest BCUT2D eigenvalue weighted by atomic mass is 32.2. The van der Waals surface area contributed by atoms with Crippen LogP contribution in [0, 0.1) is 5.92 Å². The molecule has 6 heteroatoms. The predicted octanol–water partition coefficient (Wildman–Crippen LogP) is 2.24. The lowest BCUT2D eigenvalue weighted by atomic mass is 10.0. The molecular weight excluding hydrogens is 288 g/mol. The summed E-state index contributed by atoms with van der Waals surface area (Å²) >= 11 is 0. The summed E-state index contributed by atoms with van der Waals surface area (Å²) in [6.07, 6.45) is 2.89. The van der Waals surface area contributed by atoms with E-state index in [0.717, 1.165) is 18.4 Å². The van der Waals surface area contributed by atoms with E-state index in [1.807, 2.05) is 32.0 Å². The van der Waals surface area contributed by atoms with Gasteiger partial charge in [0, 0.05) is 12.5 Å². The van der Waals surface area contributed by atoms with Gasteiger partial charge in [0.1, 0.15) is 0 Å². The van der Waals surface area contributed by atoms with Crippen LogP contribution in [0.3, 0.4) is 0 Å². The molecule has 1 aromatic carbocycles. The molecule has 0 fully saturated rings. The molecule has 1 aliphatic heterocycles. The molecule has 1 amide bonds. The fraction of sp³-hybridized carbons (Fsp3) is 0.533. The summed E-state index contributed by atoms with van der Waals surface area (Å²) in [5.74, 6) is -0.678. The van der Waals surface area contributed by atoms with Gasteiger partial charge in [-0.05, 0) is 37.3 Å². The third kappa shape index (κ3) is 3.37. The monoisotopic (exact) mass is 310 g/mol. The summed E-state index contributed by atoms with van der Waals surface area (Å²) in [5, 5.41) is 0. The summed E-state index contributed by atoms with van der Waals surface area (Å²) in [7, 11) is -3.83. The van der Waals surface area contributed by atoms with Crippen molar-refractivity contribution in [3.05, 3.63) is 29.8 Å². The van der Waals surface area contributed by atoms with Crippen LogP contribution in [0.2, 0.25) is 0 Å². The maximum atomic E-state index is 12.5. The van der Waals surface area contributed by atoms with Crippen molar-refractivity contribution < 1.29 is 13.2 Å². The Hall–Kier alpha value is -1.56. The van der Waals surface area contributed by atoms with Crippen LogP contribution < -0.4 is 9.03 Å². The van der Waals surface area contributed by atoms with E-state index in [2.05, 4.69) is 4.72 Å². The molecule has 0 saturated heterocycles. The number of anilines is 1. The minimum Gasteiger partial charge on any atom is -0.274 e. The van der Waals surface area contributed by atoms with Gasteiger partial charge < -0.3 is 0 Å². The van der Waals surface area contributed by atoms with Crippen molar-refractivity contribution in [2.75, 3.05) is 10.8 Å². The van der Waals surface area contributed by atoms with Crippen molar-refractivity contribution in [1.82, 2.24) is 4.72 Å². The molecule has 116 valence electrons. The lowest BCUT2D eigenvalue weighted by molar-refractivity contribution is -0.123. The minimum absolute atomic E-state index is 0.264. The Morgan fingerprint density at radius 3 is 2.62 bits per heavy atom. The molecule has 0 radical (unpaired) electrons. The van der Waals surface area contributed by atoms with Gasteiger partial charge in [0.25, 0.3) is 0 Å². The van der Waals surface area contributed by atoms with Crippen LogP contribution in [0.5, 0.6) is 0 Å². The largest absolute Gasteiger partial charge is 0.326 e. The van der Waals surface area contributed by atoms with Gasteiger partial charge in [-0.2, -0.15) is 8.42 Å². The van der Waals surface area contributed by atoms with Gasteiger partial charge in [-0.25, -0.2) is 4.72 Å². The molecule has 1 aromatic rings. The van der Waals surface area contributed by atoms with Crippen molar-refractivity contribution in [3.63, 3.8) is 0 Å². The standard InChI is InChI=1S/C15H22N2O3S/c1-3-12(4-2)15(18)16-21(19,20)17-11-7-9-13-8-5-6-10-14(13)17/h5-6,8,10,12H,3-4,7,9,11H2,1-2H3,(H,16,18). The maximum Gasteiger partial charge on any atom is 0.326 e. The van der Waals surface area contributed by atoms with Crippen LogP contribution in [-0.2, 0) is 21.4 Å². The zero-order valence-corrected chi connectivity index (χ0v) is 13.3. The molecule has 2 rings (SSSR count). The highest BCUT2D eigenvalue weighted by molar-refractivity contribution is 7.91. The number of benzene rings is 1. The molecule has 0 unspecified atom stereocenters. The Kier molecular flexibility index (Phi) is 4.88. The van der Waals surface area contributed by atoms with E-state index in [1.165, 1.54) is 4.31 Å². The molecule has 0 spiro atoms. The molecule has 21 heavy (non-hydrogen) atoms. The second-order valence-corrected chi connectivity index (χ2v) is 6.88. The Balaban J connectivity index is 2.23. The zero-order chi connectivity index (χ0) is 15.5. The highest BCUT2D eigenvalue weighted by Gasteiger charge is 2.30. The van der Waals surface area contributed by atoms with Crippen molar-refractivity contribution in [2.45, 2.75) is 39.5 Å². The molecule has 1 N–H and O–H groups in total. The Morgan fingerprint density at radius 2 is 1.95 bits per heavy atom. The van der Waals surface area contributed by atoms with Gasteiger partial charge in [-0.1, -0.05) is 32.0 Å². The lowest BCUT2D eigenvalue weighted by Gasteiger charge is -2.30. The summed E-state index contributed by atoms with van der Waals surface area (Å²) in [4.78, 5) is 12.1. The Bertz CT molecular complexity index is 609. The number of fused-ring (bicyclic) bond motifs is 1. The van der Waals surface area contributed by atoms with E-state index < -0.39 is 16.1 Å². The molecule has 1 aliphatic rings. The number of carbonyl (C=O) groups excluding carboxylic acids is 1. The summed E-state index contributed by atoms with van der Waals surface area (Å²) in [6.45, 7) is 4.18. The van der Waals surface area contributed by atoms with Gasteiger partial charge in [-0.15, -0.1) is 0 Å². The van der Waals surface area contributed by atoms with E-state index in [1.54, 1.807) is 6.07 Å². The number of hydrogen-bond acceptors (Lipinski definition) is 3. The van der Waals surface area contributed by atoms with Gasteiger partial charge in [0.05, 0.1) is 5.69 Å². The summed E-state index contributed by atoms with van der Waals surface area (Å²) < 4.78 is 28.5. The Labute approximate surface area is 126 Å². The molecule has 0 saturated carbocycles. The quantitative estimate of drug-likeness (QED) is 0.907. The first-order chi connectivity index (χ1) is 9.99.